The summed E-state index contributed by atoms with van der Waals surface area (Å²) in [5.74, 6) is 0.927. The minimum Gasteiger partial charge on any atom is -0.507 e. The zero-order valence-electron chi connectivity index (χ0n) is 11.6. The van der Waals surface area contributed by atoms with Crippen LogP contribution in [0.2, 0.25) is 0 Å². The standard InChI is InChI=1S/C18H20O/c1-12-10-15(11-13(2)18(12)19)17-9-5-7-14-6-3-4-8-16(14)17/h3-4,6,8,10-11,17,19H,5,7,9H2,1-2H3/t17-/m1/s1. The molecule has 1 aliphatic rings. The lowest BCUT2D eigenvalue weighted by atomic mass is 9.78. The average molecular weight is 252 g/mol. The average Bonchev–Trinajstić information content (AvgIpc) is 2.43. The molecule has 0 spiro atoms. The number of hydrogen-bond donors (Lipinski definition) is 1. The van der Waals surface area contributed by atoms with Crippen LogP contribution in [0.25, 0.3) is 0 Å². The topological polar surface area (TPSA) is 20.2 Å². The number of benzene rings is 2. The number of aryl methyl sites for hydroxylation is 3. The molecule has 0 aromatic heterocycles. The fraction of sp³-hybridized carbons (Fsp3) is 0.333. The van der Waals surface area contributed by atoms with Crippen molar-refractivity contribution in [3.63, 3.8) is 0 Å². The van der Waals surface area contributed by atoms with E-state index in [1.165, 1.54) is 36.0 Å². The maximum atomic E-state index is 9.92. The second kappa shape index (κ2) is 4.73. The van der Waals surface area contributed by atoms with Gasteiger partial charge in [-0.3, -0.25) is 0 Å². The van der Waals surface area contributed by atoms with Crippen molar-refractivity contribution < 1.29 is 5.11 Å². The molecule has 0 radical (unpaired) electrons. The highest BCUT2D eigenvalue weighted by atomic mass is 16.3. The summed E-state index contributed by atoms with van der Waals surface area (Å²) in [6, 6.07) is 13.1. The summed E-state index contributed by atoms with van der Waals surface area (Å²) in [7, 11) is 0. The normalized spacial score (nSPS) is 18.1. The summed E-state index contributed by atoms with van der Waals surface area (Å²) < 4.78 is 0. The summed E-state index contributed by atoms with van der Waals surface area (Å²) in [5, 5.41) is 9.92. The van der Waals surface area contributed by atoms with Crippen molar-refractivity contribution in [2.24, 2.45) is 0 Å². The fourth-order valence-corrected chi connectivity index (χ4v) is 3.29. The third-order valence-electron chi connectivity index (χ3n) is 4.29. The predicted molar refractivity (Wildman–Crippen MR) is 78.8 cm³/mol. The zero-order valence-corrected chi connectivity index (χ0v) is 11.6. The van der Waals surface area contributed by atoms with E-state index < -0.39 is 0 Å². The second-order valence-electron chi connectivity index (χ2n) is 5.65. The molecule has 98 valence electrons. The Balaban J connectivity index is 2.09. The van der Waals surface area contributed by atoms with Crippen LogP contribution in [0.15, 0.2) is 36.4 Å². The van der Waals surface area contributed by atoms with Crippen molar-refractivity contribution in [2.75, 3.05) is 0 Å². The van der Waals surface area contributed by atoms with Gasteiger partial charge in [0.05, 0.1) is 0 Å². The minimum atomic E-state index is 0.438. The lowest BCUT2D eigenvalue weighted by Gasteiger charge is -2.26. The van der Waals surface area contributed by atoms with E-state index in [4.69, 9.17) is 0 Å². The Kier molecular flexibility index (Phi) is 3.06. The first kappa shape index (κ1) is 12.3. The number of phenols is 1. The van der Waals surface area contributed by atoms with Gasteiger partial charge in [-0.05, 0) is 60.9 Å². The van der Waals surface area contributed by atoms with Gasteiger partial charge in [0.1, 0.15) is 5.75 Å². The van der Waals surface area contributed by atoms with Gasteiger partial charge in [-0.1, -0.05) is 36.4 Å². The molecule has 3 rings (SSSR count). The zero-order chi connectivity index (χ0) is 13.4. The van der Waals surface area contributed by atoms with Crippen LogP contribution in [0.5, 0.6) is 5.75 Å². The van der Waals surface area contributed by atoms with Crippen molar-refractivity contribution >= 4 is 0 Å². The minimum absolute atomic E-state index is 0.438. The Morgan fingerprint density at radius 3 is 2.47 bits per heavy atom. The van der Waals surface area contributed by atoms with E-state index in [-0.39, 0.29) is 0 Å². The first-order valence-electron chi connectivity index (χ1n) is 7.04. The molecule has 2 aromatic rings. The summed E-state index contributed by atoms with van der Waals surface area (Å²) in [5.41, 5.74) is 6.27. The van der Waals surface area contributed by atoms with E-state index in [0.29, 0.717) is 11.7 Å². The van der Waals surface area contributed by atoms with Crippen LogP contribution in [0.1, 0.15) is 46.6 Å². The van der Waals surface area contributed by atoms with Gasteiger partial charge in [0.25, 0.3) is 0 Å². The van der Waals surface area contributed by atoms with Crippen molar-refractivity contribution in [2.45, 2.75) is 39.0 Å². The molecule has 1 heteroatoms. The second-order valence-corrected chi connectivity index (χ2v) is 5.65. The van der Waals surface area contributed by atoms with E-state index in [0.717, 1.165) is 11.1 Å². The Hall–Kier alpha value is -1.76. The molecule has 1 N–H and O–H groups in total. The third kappa shape index (κ3) is 2.14. The Labute approximate surface area is 114 Å². The number of phenolic OH excluding ortho intramolecular Hbond substituents is 1. The molecule has 19 heavy (non-hydrogen) atoms. The summed E-state index contributed by atoms with van der Waals surface area (Å²) in [6.45, 7) is 3.97. The first-order chi connectivity index (χ1) is 9.16. The van der Waals surface area contributed by atoms with E-state index in [9.17, 15) is 5.11 Å². The molecule has 0 amide bonds. The molecular weight excluding hydrogens is 232 g/mol. The molecule has 2 aromatic carbocycles. The molecule has 1 atom stereocenters. The maximum absolute atomic E-state index is 9.92. The van der Waals surface area contributed by atoms with Gasteiger partial charge in [0, 0.05) is 5.92 Å². The largest absolute Gasteiger partial charge is 0.507 e. The number of aromatic hydroxyl groups is 1. The highest BCUT2D eigenvalue weighted by Gasteiger charge is 2.22. The first-order valence-corrected chi connectivity index (χ1v) is 7.04. The SMILES string of the molecule is Cc1cc([C@H]2CCCc3ccccc32)cc(C)c1O. The summed E-state index contributed by atoms with van der Waals surface area (Å²) >= 11 is 0. The van der Waals surface area contributed by atoms with Crippen LogP contribution in [-0.4, -0.2) is 5.11 Å². The highest BCUT2D eigenvalue weighted by Crippen LogP contribution is 2.38. The van der Waals surface area contributed by atoms with E-state index in [2.05, 4.69) is 36.4 Å². The Bertz CT molecular complexity index is 590. The van der Waals surface area contributed by atoms with Gasteiger partial charge in [-0.25, -0.2) is 0 Å². The van der Waals surface area contributed by atoms with Crippen LogP contribution < -0.4 is 0 Å². The molecule has 0 heterocycles. The number of hydrogen-bond acceptors (Lipinski definition) is 1. The van der Waals surface area contributed by atoms with E-state index >= 15 is 0 Å². The maximum Gasteiger partial charge on any atom is 0.121 e. The molecule has 1 nitrogen and oxygen atoms in total. The molecule has 0 aliphatic heterocycles. The molecule has 0 bridgehead atoms. The monoisotopic (exact) mass is 252 g/mol. The van der Waals surface area contributed by atoms with Crippen molar-refractivity contribution in [1.29, 1.82) is 0 Å². The van der Waals surface area contributed by atoms with Crippen molar-refractivity contribution in [3.05, 3.63) is 64.2 Å². The lowest BCUT2D eigenvalue weighted by molar-refractivity contribution is 0.466. The molecule has 0 saturated carbocycles. The van der Waals surface area contributed by atoms with Crippen LogP contribution in [0.3, 0.4) is 0 Å². The van der Waals surface area contributed by atoms with Crippen LogP contribution in [0, 0.1) is 13.8 Å². The van der Waals surface area contributed by atoms with Crippen molar-refractivity contribution in [3.8, 4) is 5.75 Å². The molecule has 0 saturated heterocycles. The third-order valence-corrected chi connectivity index (χ3v) is 4.29. The van der Waals surface area contributed by atoms with Gasteiger partial charge >= 0.3 is 0 Å². The smallest absolute Gasteiger partial charge is 0.121 e. The highest BCUT2D eigenvalue weighted by molar-refractivity contribution is 5.47. The quantitative estimate of drug-likeness (QED) is 0.793. The van der Waals surface area contributed by atoms with Gasteiger partial charge in [0.15, 0.2) is 0 Å². The Morgan fingerprint density at radius 2 is 1.74 bits per heavy atom. The molecule has 0 fully saturated rings. The molecule has 1 aliphatic carbocycles. The molecule has 0 unspecified atom stereocenters. The van der Waals surface area contributed by atoms with Crippen LogP contribution in [-0.2, 0) is 6.42 Å². The van der Waals surface area contributed by atoms with Gasteiger partial charge < -0.3 is 5.11 Å². The van der Waals surface area contributed by atoms with Gasteiger partial charge in [-0.15, -0.1) is 0 Å². The van der Waals surface area contributed by atoms with E-state index in [1.807, 2.05) is 13.8 Å². The predicted octanol–water partition coefficient (Wildman–Crippen LogP) is 4.48. The summed E-state index contributed by atoms with van der Waals surface area (Å²) in [4.78, 5) is 0. The van der Waals surface area contributed by atoms with E-state index in [1.54, 1.807) is 0 Å². The lowest BCUT2D eigenvalue weighted by Crippen LogP contribution is -2.11. The number of fused-ring (bicyclic) bond motifs is 1. The van der Waals surface area contributed by atoms with Gasteiger partial charge in [-0.2, -0.15) is 0 Å². The van der Waals surface area contributed by atoms with Gasteiger partial charge in [0.2, 0.25) is 0 Å². The van der Waals surface area contributed by atoms with Crippen LogP contribution >= 0.6 is 0 Å². The van der Waals surface area contributed by atoms with Crippen LogP contribution in [0.4, 0.5) is 0 Å². The molecular formula is C18H20O. The summed E-state index contributed by atoms with van der Waals surface area (Å²) in [6.07, 6.45) is 3.66. The fourth-order valence-electron chi connectivity index (χ4n) is 3.29. The Morgan fingerprint density at radius 1 is 1.05 bits per heavy atom. The number of rotatable bonds is 1. The van der Waals surface area contributed by atoms with Crippen molar-refractivity contribution in [1.82, 2.24) is 0 Å².